The minimum absolute atomic E-state index is 0.201. The van der Waals surface area contributed by atoms with Crippen LogP contribution in [0, 0.1) is 6.92 Å². The molecule has 0 aliphatic rings. The molecule has 0 aromatic carbocycles. The Balaban J connectivity index is 2.81. The van der Waals surface area contributed by atoms with Crippen molar-refractivity contribution in [3.05, 3.63) is 16.5 Å². The van der Waals surface area contributed by atoms with Crippen LogP contribution in [0.3, 0.4) is 0 Å². The van der Waals surface area contributed by atoms with Gasteiger partial charge in [-0.05, 0) is 6.92 Å². The van der Waals surface area contributed by atoms with Crippen LogP contribution in [0.25, 0.3) is 0 Å². The minimum Gasteiger partial charge on any atom is -0.389 e. The van der Waals surface area contributed by atoms with E-state index in [0.717, 1.165) is 5.56 Å². The molecule has 102 valence electrons. The SMILES string of the molecule is COCC(O)CNc1nc(C(C)C)nc(Cl)c1C. The highest BCUT2D eigenvalue weighted by atomic mass is 35.5. The van der Waals surface area contributed by atoms with Crippen LogP contribution < -0.4 is 5.32 Å². The number of nitrogens with zero attached hydrogens (tertiary/aromatic N) is 2. The van der Waals surface area contributed by atoms with Gasteiger partial charge in [0.15, 0.2) is 0 Å². The predicted octanol–water partition coefficient (Wildman–Crippen LogP) is 1.98. The van der Waals surface area contributed by atoms with E-state index in [1.54, 1.807) is 7.11 Å². The van der Waals surface area contributed by atoms with Gasteiger partial charge < -0.3 is 15.2 Å². The number of nitrogens with one attached hydrogen (secondary N) is 1. The number of anilines is 1. The van der Waals surface area contributed by atoms with Crippen molar-refractivity contribution in [3.63, 3.8) is 0 Å². The van der Waals surface area contributed by atoms with Crippen molar-refractivity contribution in [2.45, 2.75) is 32.8 Å². The third kappa shape index (κ3) is 4.08. The molecule has 0 bridgehead atoms. The van der Waals surface area contributed by atoms with Gasteiger partial charge in [-0.25, -0.2) is 9.97 Å². The summed E-state index contributed by atoms with van der Waals surface area (Å²) in [6, 6.07) is 0. The van der Waals surface area contributed by atoms with Crippen molar-refractivity contribution in [3.8, 4) is 0 Å². The normalized spacial score (nSPS) is 12.8. The standard InChI is InChI=1S/C12H20ClN3O2/c1-7(2)11-15-10(13)8(3)12(16-11)14-5-9(17)6-18-4/h7,9,17H,5-6H2,1-4H3,(H,14,15,16). The molecule has 1 unspecified atom stereocenters. The third-order valence-corrected chi connectivity index (χ3v) is 2.85. The predicted molar refractivity (Wildman–Crippen MR) is 72.2 cm³/mol. The van der Waals surface area contributed by atoms with E-state index in [1.807, 2.05) is 20.8 Å². The number of hydrogen-bond donors (Lipinski definition) is 2. The number of aliphatic hydroxyl groups excluding tert-OH is 1. The summed E-state index contributed by atoms with van der Waals surface area (Å²) in [6.45, 7) is 6.49. The fourth-order valence-corrected chi connectivity index (χ4v) is 1.58. The van der Waals surface area contributed by atoms with Crippen LogP contribution in [0.15, 0.2) is 0 Å². The molecule has 0 spiro atoms. The number of rotatable bonds is 6. The van der Waals surface area contributed by atoms with Gasteiger partial charge in [0.2, 0.25) is 0 Å². The molecule has 6 heteroatoms. The molecule has 0 saturated carbocycles. The Bertz CT molecular complexity index is 399. The van der Waals surface area contributed by atoms with Crippen LogP contribution in [-0.2, 0) is 4.74 Å². The van der Waals surface area contributed by atoms with Crippen LogP contribution in [0.5, 0.6) is 0 Å². The molecular formula is C12H20ClN3O2. The van der Waals surface area contributed by atoms with Gasteiger partial charge in [-0.2, -0.15) is 0 Å². The van der Waals surface area contributed by atoms with E-state index < -0.39 is 6.10 Å². The van der Waals surface area contributed by atoms with Crippen LogP contribution in [0.2, 0.25) is 5.15 Å². The minimum atomic E-state index is -0.578. The lowest BCUT2D eigenvalue weighted by Crippen LogP contribution is -2.25. The van der Waals surface area contributed by atoms with Gasteiger partial charge in [-0.15, -0.1) is 0 Å². The van der Waals surface area contributed by atoms with Crippen molar-refractivity contribution in [2.75, 3.05) is 25.6 Å². The smallest absolute Gasteiger partial charge is 0.137 e. The van der Waals surface area contributed by atoms with Crippen molar-refractivity contribution in [1.29, 1.82) is 0 Å². The number of methoxy groups -OCH3 is 1. The highest BCUT2D eigenvalue weighted by Gasteiger charge is 2.12. The van der Waals surface area contributed by atoms with Crippen LogP contribution >= 0.6 is 11.6 Å². The zero-order valence-electron chi connectivity index (χ0n) is 11.2. The zero-order chi connectivity index (χ0) is 13.7. The fraction of sp³-hybridized carbons (Fsp3) is 0.667. The lowest BCUT2D eigenvalue weighted by molar-refractivity contribution is 0.0727. The summed E-state index contributed by atoms with van der Waals surface area (Å²) in [5.74, 6) is 1.55. The summed E-state index contributed by atoms with van der Waals surface area (Å²) < 4.78 is 4.86. The lowest BCUT2D eigenvalue weighted by Gasteiger charge is -2.15. The van der Waals surface area contributed by atoms with Gasteiger partial charge in [0.25, 0.3) is 0 Å². The first-order valence-electron chi connectivity index (χ1n) is 5.90. The lowest BCUT2D eigenvalue weighted by atomic mass is 10.2. The van der Waals surface area contributed by atoms with Gasteiger partial charge in [-0.1, -0.05) is 25.4 Å². The Kier molecular flexibility index (Phi) is 5.78. The summed E-state index contributed by atoms with van der Waals surface area (Å²) in [7, 11) is 1.55. The van der Waals surface area contributed by atoms with Crippen molar-refractivity contribution in [1.82, 2.24) is 9.97 Å². The molecule has 1 atom stereocenters. The van der Waals surface area contributed by atoms with Crippen molar-refractivity contribution >= 4 is 17.4 Å². The topological polar surface area (TPSA) is 67.3 Å². The maximum absolute atomic E-state index is 9.59. The summed E-state index contributed by atoms with van der Waals surface area (Å²) in [5, 5.41) is 13.1. The van der Waals surface area contributed by atoms with Gasteiger partial charge >= 0.3 is 0 Å². The van der Waals surface area contributed by atoms with E-state index in [9.17, 15) is 5.11 Å². The van der Waals surface area contributed by atoms with Gasteiger partial charge in [-0.3, -0.25) is 0 Å². The first-order chi connectivity index (χ1) is 8.45. The monoisotopic (exact) mass is 273 g/mol. The number of aromatic nitrogens is 2. The van der Waals surface area contributed by atoms with E-state index in [2.05, 4.69) is 15.3 Å². The van der Waals surface area contributed by atoms with Crippen LogP contribution in [0.4, 0.5) is 5.82 Å². The van der Waals surface area contributed by atoms with E-state index in [1.165, 1.54) is 0 Å². The Morgan fingerprint density at radius 2 is 2.06 bits per heavy atom. The van der Waals surface area contributed by atoms with E-state index >= 15 is 0 Å². The average molecular weight is 274 g/mol. The molecule has 0 amide bonds. The Labute approximate surface area is 113 Å². The second kappa shape index (κ2) is 6.87. The summed E-state index contributed by atoms with van der Waals surface area (Å²) in [4.78, 5) is 8.63. The van der Waals surface area contributed by atoms with Gasteiger partial charge in [0.1, 0.15) is 16.8 Å². The maximum atomic E-state index is 9.59. The molecule has 5 nitrogen and oxygen atoms in total. The van der Waals surface area contributed by atoms with Crippen molar-refractivity contribution in [2.24, 2.45) is 0 Å². The molecule has 0 fully saturated rings. The first kappa shape index (κ1) is 15.1. The largest absolute Gasteiger partial charge is 0.389 e. The molecule has 1 heterocycles. The van der Waals surface area contributed by atoms with E-state index in [-0.39, 0.29) is 12.5 Å². The highest BCUT2D eigenvalue weighted by molar-refractivity contribution is 6.30. The number of ether oxygens (including phenoxy) is 1. The quantitative estimate of drug-likeness (QED) is 0.776. The number of halogens is 1. The molecule has 0 aliphatic carbocycles. The van der Waals surface area contributed by atoms with E-state index in [4.69, 9.17) is 16.3 Å². The van der Waals surface area contributed by atoms with Crippen LogP contribution in [0.1, 0.15) is 31.2 Å². The molecule has 0 saturated heterocycles. The molecular weight excluding hydrogens is 254 g/mol. The second-order valence-electron chi connectivity index (χ2n) is 4.49. The molecule has 1 rings (SSSR count). The molecule has 18 heavy (non-hydrogen) atoms. The highest BCUT2D eigenvalue weighted by Crippen LogP contribution is 2.22. The summed E-state index contributed by atoms with van der Waals surface area (Å²) in [5.41, 5.74) is 0.783. The molecule has 2 N–H and O–H groups in total. The molecule has 1 aromatic rings. The third-order valence-electron chi connectivity index (χ3n) is 2.48. The van der Waals surface area contributed by atoms with Crippen molar-refractivity contribution < 1.29 is 9.84 Å². The number of hydrogen-bond acceptors (Lipinski definition) is 5. The maximum Gasteiger partial charge on any atom is 0.137 e. The molecule has 0 radical (unpaired) electrons. The average Bonchev–Trinajstić information content (AvgIpc) is 2.31. The Hall–Kier alpha value is -0.910. The van der Waals surface area contributed by atoms with Crippen LogP contribution in [-0.4, -0.2) is 41.4 Å². The Morgan fingerprint density at radius 3 is 2.61 bits per heavy atom. The second-order valence-corrected chi connectivity index (χ2v) is 4.85. The molecule has 0 aliphatic heterocycles. The molecule has 1 aromatic heterocycles. The Morgan fingerprint density at radius 1 is 1.39 bits per heavy atom. The summed E-state index contributed by atoms with van der Waals surface area (Å²) in [6.07, 6.45) is -0.578. The van der Waals surface area contributed by atoms with E-state index in [0.29, 0.717) is 23.3 Å². The fourth-order valence-electron chi connectivity index (χ4n) is 1.40. The first-order valence-corrected chi connectivity index (χ1v) is 6.28. The zero-order valence-corrected chi connectivity index (χ0v) is 12.0. The van der Waals surface area contributed by atoms with Gasteiger partial charge in [0, 0.05) is 25.1 Å². The number of aliphatic hydroxyl groups is 1. The van der Waals surface area contributed by atoms with Gasteiger partial charge in [0.05, 0.1) is 12.7 Å². The summed E-state index contributed by atoms with van der Waals surface area (Å²) >= 11 is 6.06.